The third-order valence-corrected chi connectivity index (χ3v) is 5.91. The predicted molar refractivity (Wildman–Crippen MR) is 101 cm³/mol. The first-order chi connectivity index (χ1) is 12.1. The molecule has 0 spiro atoms. The lowest BCUT2D eigenvalue weighted by Crippen LogP contribution is -2.35. The molecule has 4 nitrogen and oxygen atoms in total. The lowest BCUT2D eigenvalue weighted by atomic mass is 9.97. The van der Waals surface area contributed by atoms with Gasteiger partial charge >= 0.3 is 4.87 Å². The van der Waals surface area contributed by atoms with Crippen LogP contribution in [0.4, 0.5) is 0 Å². The molecule has 0 aliphatic carbocycles. The molecule has 5 heteroatoms. The van der Waals surface area contributed by atoms with Crippen LogP contribution in [0.5, 0.6) is 0 Å². The van der Waals surface area contributed by atoms with Gasteiger partial charge in [-0.1, -0.05) is 53.8 Å². The summed E-state index contributed by atoms with van der Waals surface area (Å²) in [5.74, 6) is 0.0269. The van der Waals surface area contributed by atoms with Gasteiger partial charge < -0.3 is 4.90 Å². The Kier molecular flexibility index (Phi) is 4.17. The van der Waals surface area contributed by atoms with Crippen molar-refractivity contribution in [3.8, 4) is 0 Å². The van der Waals surface area contributed by atoms with Crippen LogP contribution in [0.3, 0.4) is 0 Å². The molecule has 2 heterocycles. The fourth-order valence-corrected chi connectivity index (χ4v) is 4.49. The zero-order chi connectivity index (χ0) is 17.4. The molecule has 3 aromatic rings. The molecule has 1 amide bonds. The van der Waals surface area contributed by atoms with E-state index in [1.54, 1.807) is 4.57 Å². The Morgan fingerprint density at radius 2 is 2.00 bits per heavy atom. The summed E-state index contributed by atoms with van der Waals surface area (Å²) in [6, 6.07) is 14.7. The van der Waals surface area contributed by atoms with Crippen LogP contribution in [0.15, 0.2) is 52.6 Å². The Labute approximate surface area is 150 Å². The quantitative estimate of drug-likeness (QED) is 0.721. The number of rotatable bonds is 3. The van der Waals surface area contributed by atoms with E-state index < -0.39 is 0 Å². The number of hydrogen-bond acceptors (Lipinski definition) is 3. The molecule has 1 aliphatic rings. The van der Waals surface area contributed by atoms with Crippen LogP contribution in [-0.2, 0) is 11.3 Å². The van der Waals surface area contributed by atoms with E-state index in [9.17, 15) is 9.59 Å². The van der Waals surface area contributed by atoms with Crippen molar-refractivity contribution in [1.29, 1.82) is 0 Å². The number of carbonyl (C=O) groups is 1. The van der Waals surface area contributed by atoms with Gasteiger partial charge in [0.05, 0.1) is 6.04 Å². The van der Waals surface area contributed by atoms with Gasteiger partial charge in [-0.25, -0.2) is 0 Å². The maximum Gasteiger partial charge on any atom is 0.307 e. The molecule has 1 unspecified atom stereocenters. The largest absolute Gasteiger partial charge is 0.334 e. The SMILES string of the molecule is Cc1csc(=O)n1CC(=O)N1CCCC1c1cccc2ccccc12. The molecular formula is C20H20N2O2S. The Morgan fingerprint density at radius 3 is 2.80 bits per heavy atom. The van der Waals surface area contributed by atoms with E-state index in [2.05, 4.69) is 30.3 Å². The Hall–Kier alpha value is -2.40. The summed E-state index contributed by atoms with van der Waals surface area (Å²) in [6.07, 6.45) is 1.97. The van der Waals surface area contributed by atoms with Gasteiger partial charge in [-0.2, -0.15) is 0 Å². The summed E-state index contributed by atoms with van der Waals surface area (Å²) in [4.78, 5) is 26.7. The van der Waals surface area contributed by atoms with Gasteiger partial charge in [-0.05, 0) is 36.1 Å². The Bertz CT molecular complexity index is 983. The van der Waals surface area contributed by atoms with Crippen LogP contribution in [0, 0.1) is 6.92 Å². The molecule has 1 atom stereocenters. The summed E-state index contributed by atoms with van der Waals surface area (Å²) < 4.78 is 1.57. The number of aromatic nitrogens is 1. The minimum Gasteiger partial charge on any atom is -0.334 e. The smallest absolute Gasteiger partial charge is 0.307 e. The van der Waals surface area contributed by atoms with E-state index in [1.165, 1.54) is 16.3 Å². The normalized spacial score (nSPS) is 17.3. The van der Waals surface area contributed by atoms with Gasteiger partial charge in [-0.15, -0.1) is 0 Å². The second kappa shape index (κ2) is 6.48. The van der Waals surface area contributed by atoms with Crippen molar-refractivity contribution in [1.82, 2.24) is 9.47 Å². The minimum absolute atomic E-state index is 0.0269. The Balaban J connectivity index is 1.66. The van der Waals surface area contributed by atoms with Crippen LogP contribution in [0.1, 0.15) is 30.1 Å². The topological polar surface area (TPSA) is 42.3 Å². The predicted octanol–water partition coefficient (Wildman–Crippen LogP) is 3.74. The highest BCUT2D eigenvalue weighted by Gasteiger charge is 2.31. The molecule has 0 radical (unpaired) electrons. The second-order valence-electron chi connectivity index (χ2n) is 6.54. The fourth-order valence-electron chi connectivity index (χ4n) is 3.75. The van der Waals surface area contributed by atoms with E-state index in [0.717, 1.165) is 36.4 Å². The van der Waals surface area contributed by atoms with Crippen molar-refractivity contribution in [3.63, 3.8) is 0 Å². The van der Waals surface area contributed by atoms with E-state index in [0.29, 0.717) is 0 Å². The summed E-state index contributed by atoms with van der Waals surface area (Å²) in [5, 5.41) is 4.21. The molecule has 128 valence electrons. The molecule has 1 saturated heterocycles. The summed E-state index contributed by atoms with van der Waals surface area (Å²) in [7, 11) is 0. The third kappa shape index (κ3) is 2.89. The van der Waals surface area contributed by atoms with Crippen LogP contribution < -0.4 is 4.87 Å². The minimum atomic E-state index is -0.0632. The number of fused-ring (bicyclic) bond motifs is 1. The lowest BCUT2D eigenvalue weighted by Gasteiger charge is -2.26. The molecule has 1 aliphatic heterocycles. The molecule has 1 fully saturated rings. The molecule has 0 N–H and O–H groups in total. The van der Waals surface area contributed by atoms with Gasteiger partial charge in [-0.3, -0.25) is 14.2 Å². The van der Waals surface area contributed by atoms with Crippen LogP contribution in [-0.4, -0.2) is 21.9 Å². The van der Waals surface area contributed by atoms with Crippen molar-refractivity contribution in [2.24, 2.45) is 0 Å². The number of aryl methyl sites for hydroxylation is 1. The number of carbonyl (C=O) groups excluding carboxylic acids is 1. The highest BCUT2D eigenvalue weighted by atomic mass is 32.1. The van der Waals surface area contributed by atoms with E-state index >= 15 is 0 Å². The first-order valence-corrected chi connectivity index (χ1v) is 9.45. The lowest BCUT2D eigenvalue weighted by molar-refractivity contribution is -0.132. The van der Waals surface area contributed by atoms with Gasteiger partial charge in [0.1, 0.15) is 6.54 Å². The number of nitrogens with zero attached hydrogens (tertiary/aromatic N) is 2. The molecule has 0 saturated carbocycles. The molecule has 2 aromatic carbocycles. The highest BCUT2D eigenvalue weighted by molar-refractivity contribution is 7.07. The molecule has 1 aromatic heterocycles. The number of likely N-dealkylation sites (tertiary alicyclic amines) is 1. The maximum absolute atomic E-state index is 12.9. The van der Waals surface area contributed by atoms with Crippen molar-refractivity contribution >= 4 is 28.0 Å². The van der Waals surface area contributed by atoms with Crippen molar-refractivity contribution in [3.05, 3.63) is 68.8 Å². The van der Waals surface area contributed by atoms with Gasteiger partial charge in [0.25, 0.3) is 0 Å². The monoisotopic (exact) mass is 352 g/mol. The van der Waals surface area contributed by atoms with Crippen LogP contribution in [0.25, 0.3) is 10.8 Å². The summed E-state index contributed by atoms with van der Waals surface area (Å²) in [6.45, 7) is 2.76. The van der Waals surface area contributed by atoms with Crippen molar-refractivity contribution in [2.45, 2.75) is 32.4 Å². The number of hydrogen-bond donors (Lipinski definition) is 0. The van der Waals surface area contributed by atoms with Crippen LogP contribution >= 0.6 is 11.3 Å². The maximum atomic E-state index is 12.9. The van der Waals surface area contributed by atoms with E-state index in [4.69, 9.17) is 0 Å². The second-order valence-corrected chi connectivity index (χ2v) is 7.36. The van der Waals surface area contributed by atoms with Crippen LogP contribution in [0.2, 0.25) is 0 Å². The zero-order valence-corrected chi connectivity index (χ0v) is 15.0. The summed E-state index contributed by atoms with van der Waals surface area (Å²) >= 11 is 1.15. The highest BCUT2D eigenvalue weighted by Crippen LogP contribution is 2.36. The average molecular weight is 352 g/mol. The Morgan fingerprint density at radius 1 is 1.20 bits per heavy atom. The van der Waals surface area contributed by atoms with Gasteiger partial charge in [0.2, 0.25) is 5.91 Å². The number of amides is 1. The van der Waals surface area contributed by atoms with E-state index in [1.807, 2.05) is 29.3 Å². The molecular weight excluding hydrogens is 332 g/mol. The summed E-state index contributed by atoms with van der Waals surface area (Å²) in [5.41, 5.74) is 2.06. The number of benzene rings is 2. The number of thiazole rings is 1. The standard InChI is InChI=1S/C20H20N2O2S/c1-14-13-25-20(24)22(14)12-19(23)21-11-5-10-18(21)17-9-4-7-15-6-2-3-8-16(15)17/h2-4,6-9,13,18H,5,10-12H2,1H3. The van der Waals surface area contributed by atoms with Gasteiger partial charge in [0.15, 0.2) is 0 Å². The molecule has 4 rings (SSSR count). The van der Waals surface area contributed by atoms with Crippen molar-refractivity contribution < 1.29 is 4.79 Å². The first kappa shape index (κ1) is 16.1. The van der Waals surface area contributed by atoms with Crippen molar-refractivity contribution in [2.75, 3.05) is 6.54 Å². The molecule has 0 bridgehead atoms. The fraction of sp³-hybridized carbons (Fsp3) is 0.300. The van der Waals surface area contributed by atoms with Gasteiger partial charge in [0, 0.05) is 17.6 Å². The first-order valence-electron chi connectivity index (χ1n) is 8.57. The van der Waals surface area contributed by atoms with E-state index in [-0.39, 0.29) is 23.4 Å². The molecule has 25 heavy (non-hydrogen) atoms. The zero-order valence-electron chi connectivity index (χ0n) is 14.1. The third-order valence-electron chi connectivity index (χ3n) is 5.03. The average Bonchev–Trinajstić information content (AvgIpc) is 3.23.